The van der Waals surface area contributed by atoms with Crippen LogP contribution in [-0.2, 0) is 6.42 Å². The van der Waals surface area contributed by atoms with E-state index in [1.54, 1.807) is 19.2 Å². The number of amides is 1. The van der Waals surface area contributed by atoms with Gasteiger partial charge in [-0.15, -0.1) is 0 Å². The highest BCUT2D eigenvalue weighted by atomic mass is 79.9. The number of carbonyl (C=O) groups excluding carboxylic acids is 1. The first-order valence-corrected chi connectivity index (χ1v) is 6.73. The number of aryl methyl sites for hydroxylation is 1. The molecule has 1 amide bonds. The Hall–Kier alpha value is -1.75. The lowest BCUT2D eigenvalue weighted by atomic mass is 10.1. The number of anilines is 2. The molecule has 0 saturated heterocycles. The molecular formula is C14H15BrN2O2. The summed E-state index contributed by atoms with van der Waals surface area (Å²) in [4.78, 5) is 14.0. The van der Waals surface area contributed by atoms with Crippen LogP contribution in [0, 0.1) is 0 Å². The van der Waals surface area contributed by atoms with Crippen molar-refractivity contribution in [3.63, 3.8) is 0 Å². The minimum absolute atomic E-state index is 0.125. The van der Waals surface area contributed by atoms with Crippen molar-refractivity contribution < 1.29 is 9.21 Å². The summed E-state index contributed by atoms with van der Waals surface area (Å²) in [7, 11) is 1.70. The van der Waals surface area contributed by atoms with E-state index < -0.39 is 0 Å². The summed E-state index contributed by atoms with van der Waals surface area (Å²) in [5, 5.41) is 0. The van der Waals surface area contributed by atoms with E-state index in [-0.39, 0.29) is 5.91 Å². The number of nitrogens with zero attached hydrogens (tertiary/aromatic N) is 1. The molecule has 2 aromatic rings. The molecule has 2 N–H and O–H groups in total. The smallest absolute Gasteiger partial charge is 0.261 e. The van der Waals surface area contributed by atoms with Crippen LogP contribution in [0.1, 0.15) is 23.0 Å². The van der Waals surface area contributed by atoms with Gasteiger partial charge >= 0.3 is 0 Å². The molecule has 1 aromatic heterocycles. The molecule has 2 rings (SSSR count). The van der Waals surface area contributed by atoms with Gasteiger partial charge in [0, 0.05) is 17.9 Å². The van der Waals surface area contributed by atoms with E-state index >= 15 is 0 Å². The number of nitrogens with two attached hydrogens (primary N) is 1. The summed E-state index contributed by atoms with van der Waals surface area (Å²) in [5.41, 5.74) is 7.74. The molecule has 5 heteroatoms. The molecule has 1 heterocycles. The third-order valence-electron chi connectivity index (χ3n) is 2.95. The predicted octanol–water partition coefficient (Wildman–Crippen LogP) is 3.46. The first-order chi connectivity index (χ1) is 9.04. The van der Waals surface area contributed by atoms with E-state index in [9.17, 15) is 4.79 Å². The van der Waals surface area contributed by atoms with Crippen LogP contribution < -0.4 is 10.6 Å². The first-order valence-electron chi connectivity index (χ1n) is 5.94. The summed E-state index contributed by atoms with van der Waals surface area (Å²) in [6.07, 6.45) is 2.21. The minimum atomic E-state index is -0.125. The predicted molar refractivity (Wildman–Crippen MR) is 79.4 cm³/mol. The van der Waals surface area contributed by atoms with Crippen molar-refractivity contribution in [2.75, 3.05) is 17.7 Å². The average molecular weight is 323 g/mol. The summed E-state index contributed by atoms with van der Waals surface area (Å²) in [6.45, 7) is 1.95. The topological polar surface area (TPSA) is 59.5 Å². The van der Waals surface area contributed by atoms with E-state index in [0.717, 1.165) is 4.47 Å². The van der Waals surface area contributed by atoms with Crippen LogP contribution >= 0.6 is 15.9 Å². The number of hydrogen-bond acceptors (Lipinski definition) is 3. The number of carbonyl (C=O) groups is 1. The van der Waals surface area contributed by atoms with E-state index in [1.807, 2.05) is 19.1 Å². The van der Waals surface area contributed by atoms with Gasteiger partial charge in [0.2, 0.25) is 0 Å². The summed E-state index contributed by atoms with van der Waals surface area (Å²) < 4.78 is 6.17. The highest BCUT2D eigenvalue weighted by molar-refractivity contribution is 9.10. The first kappa shape index (κ1) is 13.7. The minimum Gasteiger partial charge on any atom is -0.469 e. The van der Waals surface area contributed by atoms with Gasteiger partial charge in [-0.1, -0.05) is 22.9 Å². The van der Waals surface area contributed by atoms with Crippen LogP contribution in [0.5, 0.6) is 0 Å². The average Bonchev–Trinajstić information content (AvgIpc) is 2.85. The molecule has 1 aromatic carbocycles. The van der Waals surface area contributed by atoms with Crippen LogP contribution in [0.3, 0.4) is 0 Å². The maximum atomic E-state index is 12.4. The van der Waals surface area contributed by atoms with Crippen LogP contribution in [0.4, 0.5) is 11.4 Å². The summed E-state index contributed by atoms with van der Waals surface area (Å²) in [5.74, 6) is 0.562. The Morgan fingerprint density at radius 2 is 2.16 bits per heavy atom. The molecule has 0 spiro atoms. The second kappa shape index (κ2) is 5.48. The Morgan fingerprint density at radius 1 is 1.42 bits per heavy atom. The fourth-order valence-electron chi connectivity index (χ4n) is 1.93. The Bertz CT molecular complexity index is 607. The van der Waals surface area contributed by atoms with Crippen molar-refractivity contribution in [1.82, 2.24) is 0 Å². The van der Waals surface area contributed by atoms with Crippen LogP contribution in [0.15, 0.2) is 39.4 Å². The lowest BCUT2D eigenvalue weighted by molar-refractivity contribution is 0.0991. The number of benzene rings is 1. The quantitative estimate of drug-likeness (QED) is 0.880. The van der Waals surface area contributed by atoms with E-state index in [0.29, 0.717) is 29.1 Å². The van der Waals surface area contributed by atoms with Crippen molar-refractivity contribution >= 4 is 33.2 Å². The van der Waals surface area contributed by atoms with Crippen LogP contribution in [-0.4, -0.2) is 13.0 Å². The van der Waals surface area contributed by atoms with Gasteiger partial charge in [0.15, 0.2) is 0 Å². The zero-order chi connectivity index (χ0) is 14.0. The van der Waals surface area contributed by atoms with Crippen molar-refractivity contribution in [1.29, 1.82) is 0 Å². The van der Waals surface area contributed by atoms with Crippen LogP contribution in [0.25, 0.3) is 0 Å². The van der Waals surface area contributed by atoms with Crippen molar-refractivity contribution in [2.24, 2.45) is 0 Å². The van der Waals surface area contributed by atoms with Crippen molar-refractivity contribution in [2.45, 2.75) is 13.3 Å². The normalized spacial score (nSPS) is 10.5. The highest BCUT2D eigenvalue weighted by Crippen LogP contribution is 2.27. The standard InChI is InChI=1S/C14H15BrN2O2/c1-3-13-10(6-7-19-13)14(18)17(2)12-5-4-9(15)8-11(12)16/h4-8H,3,16H2,1-2H3. The SMILES string of the molecule is CCc1occc1C(=O)N(C)c1ccc(Br)cc1N. The molecule has 0 aliphatic heterocycles. The van der Waals surface area contributed by atoms with E-state index in [4.69, 9.17) is 10.2 Å². The molecular weight excluding hydrogens is 308 g/mol. The van der Waals surface area contributed by atoms with Gasteiger partial charge in [-0.3, -0.25) is 4.79 Å². The van der Waals surface area contributed by atoms with E-state index in [2.05, 4.69) is 15.9 Å². The number of hydrogen-bond donors (Lipinski definition) is 1. The fraction of sp³-hybridized carbons (Fsp3) is 0.214. The molecule has 0 saturated carbocycles. The summed E-state index contributed by atoms with van der Waals surface area (Å²) in [6, 6.07) is 7.12. The van der Waals surface area contributed by atoms with Gasteiger partial charge in [-0.25, -0.2) is 0 Å². The van der Waals surface area contributed by atoms with E-state index in [1.165, 1.54) is 11.2 Å². The Morgan fingerprint density at radius 3 is 2.79 bits per heavy atom. The number of furan rings is 1. The zero-order valence-corrected chi connectivity index (χ0v) is 12.4. The third kappa shape index (κ3) is 2.66. The molecule has 19 heavy (non-hydrogen) atoms. The maximum Gasteiger partial charge on any atom is 0.261 e. The molecule has 100 valence electrons. The summed E-state index contributed by atoms with van der Waals surface area (Å²) >= 11 is 3.35. The van der Waals surface area contributed by atoms with Gasteiger partial charge in [-0.2, -0.15) is 0 Å². The lowest BCUT2D eigenvalue weighted by Gasteiger charge is -2.19. The molecule has 4 nitrogen and oxygen atoms in total. The van der Waals surface area contributed by atoms with Gasteiger partial charge in [0.25, 0.3) is 5.91 Å². The Labute approximate surface area is 120 Å². The Balaban J connectivity index is 2.33. The monoisotopic (exact) mass is 322 g/mol. The zero-order valence-electron chi connectivity index (χ0n) is 10.8. The molecule has 0 aliphatic rings. The van der Waals surface area contributed by atoms with Gasteiger partial charge < -0.3 is 15.1 Å². The lowest BCUT2D eigenvalue weighted by Crippen LogP contribution is -2.27. The van der Waals surface area contributed by atoms with Crippen molar-refractivity contribution in [3.8, 4) is 0 Å². The third-order valence-corrected chi connectivity index (χ3v) is 3.45. The fourth-order valence-corrected chi connectivity index (χ4v) is 2.30. The van der Waals surface area contributed by atoms with Gasteiger partial charge in [0.1, 0.15) is 5.76 Å². The second-order valence-electron chi connectivity index (χ2n) is 4.18. The molecule has 0 bridgehead atoms. The maximum absolute atomic E-state index is 12.4. The molecule has 0 fully saturated rings. The Kier molecular flexibility index (Phi) is 3.95. The largest absolute Gasteiger partial charge is 0.469 e. The van der Waals surface area contributed by atoms with Crippen molar-refractivity contribution in [3.05, 3.63) is 46.3 Å². The molecule has 0 atom stereocenters. The highest BCUT2D eigenvalue weighted by Gasteiger charge is 2.20. The number of nitrogen functional groups attached to an aromatic ring is 1. The number of rotatable bonds is 3. The molecule has 0 unspecified atom stereocenters. The van der Waals surface area contributed by atoms with Gasteiger partial charge in [0.05, 0.1) is 23.2 Å². The molecule has 0 aliphatic carbocycles. The number of halogens is 1. The van der Waals surface area contributed by atoms with Gasteiger partial charge in [-0.05, 0) is 24.3 Å². The molecule has 0 radical (unpaired) electrons. The van der Waals surface area contributed by atoms with Crippen LogP contribution in [0.2, 0.25) is 0 Å². The second-order valence-corrected chi connectivity index (χ2v) is 5.09.